The number of nitrogens with zero attached hydrogens (tertiary/aromatic N) is 2. The Morgan fingerprint density at radius 2 is 1.71 bits per heavy atom. The zero-order valence-electron chi connectivity index (χ0n) is 13.9. The molecule has 1 saturated carbocycles. The first kappa shape index (κ1) is 17.7. The second-order valence-corrected chi connectivity index (χ2v) is 6.10. The third-order valence-corrected chi connectivity index (χ3v) is 4.43. The Labute approximate surface area is 141 Å². The highest BCUT2D eigenvalue weighted by Crippen LogP contribution is 2.26. The molecule has 0 heterocycles. The van der Waals surface area contributed by atoms with Crippen LogP contribution in [-0.4, -0.2) is 35.6 Å². The van der Waals surface area contributed by atoms with E-state index in [0.717, 1.165) is 17.7 Å². The number of carbonyl (C=O) groups excluding carboxylic acids is 3. The van der Waals surface area contributed by atoms with Crippen molar-refractivity contribution in [2.24, 2.45) is 5.92 Å². The summed E-state index contributed by atoms with van der Waals surface area (Å²) < 4.78 is 0. The van der Waals surface area contributed by atoms with Gasteiger partial charge in [-0.25, -0.2) is 0 Å². The fourth-order valence-electron chi connectivity index (χ4n) is 3.01. The first-order valence-corrected chi connectivity index (χ1v) is 8.03. The van der Waals surface area contributed by atoms with Crippen LogP contribution >= 0.6 is 0 Å². The molecule has 0 bridgehead atoms. The van der Waals surface area contributed by atoms with Crippen LogP contribution in [0.2, 0.25) is 0 Å². The number of benzene rings is 1. The first-order valence-electron chi connectivity index (χ1n) is 8.03. The minimum Gasteiger partial charge on any atom is -0.349 e. The minimum absolute atomic E-state index is 0.0561. The van der Waals surface area contributed by atoms with Gasteiger partial charge in [0.15, 0.2) is 12.0 Å². The Bertz CT molecular complexity index is 676. The first-order chi connectivity index (χ1) is 11.4. The van der Waals surface area contributed by atoms with E-state index in [0.29, 0.717) is 24.0 Å². The van der Waals surface area contributed by atoms with Gasteiger partial charge in [0.2, 0.25) is 5.91 Å². The highest BCUT2D eigenvalue weighted by molar-refractivity contribution is 5.98. The number of nitrogens with one attached hydrogen (secondary N) is 1. The summed E-state index contributed by atoms with van der Waals surface area (Å²) >= 11 is 0. The maximum absolute atomic E-state index is 12.4. The molecule has 1 fully saturated rings. The lowest BCUT2D eigenvalue weighted by Gasteiger charge is -2.32. The summed E-state index contributed by atoms with van der Waals surface area (Å²) in [5, 5.41) is 11.8. The van der Waals surface area contributed by atoms with E-state index >= 15 is 0 Å². The van der Waals surface area contributed by atoms with Crippen molar-refractivity contribution in [3.05, 3.63) is 35.4 Å². The largest absolute Gasteiger partial charge is 0.349 e. The summed E-state index contributed by atoms with van der Waals surface area (Å²) in [6.07, 6.45) is 5.06. The van der Waals surface area contributed by atoms with Gasteiger partial charge in [-0.2, -0.15) is 5.26 Å². The van der Waals surface area contributed by atoms with E-state index in [-0.39, 0.29) is 29.6 Å². The van der Waals surface area contributed by atoms with Crippen molar-refractivity contribution in [3.8, 4) is 6.19 Å². The van der Waals surface area contributed by atoms with E-state index in [4.69, 9.17) is 5.26 Å². The van der Waals surface area contributed by atoms with Gasteiger partial charge in [0, 0.05) is 24.2 Å². The topological polar surface area (TPSA) is 90.3 Å². The van der Waals surface area contributed by atoms with E-state index in [9.17, 15) is 14.4 Å². The summed E-state index contributed by atoms with van der Waals surface area (Å²) in [6, 6.07) is 6.16. The molecule has 1 N–H and O–H groups in total. The van der Waals surface area contributed by atoms with Crippen LogP contribution in [0.25, 0.3) is 0 Å². The number of ketones is 1. The number of hydrogen-bond donors (Lipinski definition) is 1. The predicted octanol–water partition coefficient (Wildman–Crippen LogP) is 2.12. The lowest BCUT2D eigenvalue weighted by molar-refractivity contribution is -0.133. The quantitative estimate of drug-likeness (QED) is 0.521. The maximum atomic E-state index is 12.4. The third-order valence-electron chi connectivity index (χ3n) is 4.43. The van der Waals surface area contributed by atoms with E-state index < -0.39 is 0 Å². The number of nitriles is 1. The summed E-state index contributed by atoms with van der Waals surface area (Å²) in [7, 11) is 1.44. The zero-order valence-corrected chi connectivity index (χ0v) is 13.9. The van der Waals surface area contributed by atoms with E-state index in [2.05, 4.69) is 5.32 Å². The molecule has 6 nitrogen and oxygen atoms in total. The number of Topliss-reactive ketones (excluding diaryl/α,β-unsaturated/α-hetero) is 1. The van der Waals surface area contributed by atoms with Gasteiger partial charge in [-0.05, 0) is 31.9 Å². The van der Waals surface area contributed by atoms with Crippen molar-refractivity contribution in [1.82, 2.24) is 10.2 Å². The van der Waals surface area contributed by atoms with Crippen molar-refractivity contribution in [2.45, 2.75) is 38.6 Å². The number of amides is 2. The number of rotatable bonds is 4. The van der Waals surface area contributed by atoms with Crippen LogP contribution < -0.4 is 5.32 Å². The molecule has 6 heteroatoms. The Morgan fingerprint density at radius 3 is 2.29 bits per heavy atom. The molecule has 2 rings (SSSR count). The van der Waals surface area contributed by atoms with Gasteiger partial charge in [-0.1, -0.05) is 25.0 Å². The lowest BCUT2D eigenvalue weighted by Crippen LogP contribution is -2.48. The average molecular weight is 327 g/mol. The molecule has 126 valence electrons. The smallest absolute Gasteiger partial charge is 0.251 e. The molecule has 2 atom stereocenters. The van der Waals surface area contributed by atoms with Crippen LogP contribution in [0.1, 0.15) is 53.3 Å². The fourth-order valence-corrected chi connectivity index (χ4v) is 3.01. The Kier molecular flexibility index (Phi) is 5.69. The Balaban J connectivity index is 2.09. The summed E-state index contributed by atoms with van der Waals surface area (Å²) in [5.74, 6) is -0.952. The van der Waals surface area contributed by atoms with E-state index in [1.165, 1.54) is 14.0 Å². The molecule has 1 aliphatic rings. The van der Waals surface area contributed by atoms with Gasteiger partial charge in [-0.3, -0.25) is 19.3 Å². The predicted molar refractivity (Wildman–Crippen MR) is 88.0 cm³/mol. The van der Waals surface area contributed by atoms with E-state index in [1.54, 1.807) is 24.3 Å². The van der Waals surface area contributed by atoms with Crippen LogP contribution in [0.3, 0.4) is 0 Å². The number of carbonyl (C=O) groups is 3. The van der Waals surface area contributed by atoms with Crippen molar-refractivity contribution in [2.75, 3.05) is 7.05 Å². The SMILES string of the molecule is CC(=O)c1ccc(C(=O)NC2CCCCC2C(=O)N(C)C#N)cc1. The Hall–Kier alpha value is -2.68. The molecular formula is C18H21N3O3. The number of hydrogen-bond acceptors (Lipinski definition) is 4. The van der Waals surface area contributed by atoms with Crippen LogP contribution in [0.5, 0.6) is 0 Å². The third kappa shape index (κ3) is 3.99. The second kappa shape index (κ2) is 7.73. The molecule has 0 spiro atoms. The Morgan fingerprint density at radius 1 is 1.12 bits per heavy atom. The lowest BCUT2D eigenvalue weighted by atomic mass is 9.83. The van der Waals surface area contributed by atoms with Crippen molar-refractivity contribution in [3.63, 3.8) is 0 Å². The molecule has 1 aliphatic carbocycles. The molecule has 1 aromatic carbocycles. The summed E-state index contributed by atoms with van der Waals surface area (Å²) in [4.78, 5) is 37.0. The average Bonchev–Trinajstić information content (AvgIpc) is 2.60. The molecule has 0 aliphatic heterocycles. The van der Waals surface area contributed by atoms with Gasteiger partial charge in [0.25, 0.3) is 5.91 Å². The van der Waals surface area contributed by atoms with Crippen molar-refractivity contribution in [1.29, 1.82) is 5.26 Å². The van der Waals surface area contributed by atoms with Crippen LogP contribution in [0.15, 0.2) is 24.3 Å². The molecule has 1 aromatic rings. The normalized spacial score (nSPS) is 19.9. The van der Waals surface area contributed by atoms with Crippen molar-refractivity contribution < 1.29 is 14.4 Å². The zero-order chi connectivity index (χ0) is 17.7. The molecule has 2 unspecified atom stereocenters. The van der Waals surface area contributed by atoms with E-state index in [1.807, 2.05) is 6.19 Å². The van der Waals surface area contributed by atoms with Gasteiger partial charge >= 0.3 is 0 Å². The highest BCUT2D eigenvalue weighted by atomic mass is 16.2. The van der Waals surface area contributed by atoms with Gasteiger partial charge < -0.3 is 5.32 Å². The minimum atomic E-state index is -0.371. The van der Waals surface area contributed by atoms with Gasteiger partial charge in [-0.15, -0.1) is 0 Å². The fraction of sp³-hybridized carbons (Fsp3) is 0.444. The molecule has 0 saturated heterocycles. The summed E-state index contributed by atoms with van der Waals surface area (Å²) in [6.45, 7) is 1.47. The van der Waals surface area contributed by atoms with Crippen LogP contribution in [0, 0.1) is 17.4 Å². The molecule has 2 amide bonds. The van der Waals surface area contributed by atoms with Crippen LogP contribution in [0.4, 0.5) is 0 Å². The monoisotopic (exact) mass is 327 g/mol. The maximum Gasteiger partial charge on any atom is 0.251 e. The molecular weight excluding hydrogens is 306 g/mol. The van der Waals surface area contributed by atoms with Gasteiger partial charge in [0.05, 0.1) is 5.92 Å². The van der Waals surface area contributed by atoms with Crippen LogP contribution in [-0.2, 0) is 4.79 Å². The van der Waals surface area contributed by atoms with Crippen molar-refractivity contribution >= 4 is 17.6 Å². The molecule has 0 aromatic heterocycles. The molecule has 0 radical (unpaired) electrons. The highest BCUT2D eigenvalue weighted by Gasteiger charge is 2.34. The summed E-state index contributed by atoms with van der Waals surface area (Å²) in [5.41, 5.74) is 0.998. The van der Waals surface area contributed by atoms with Gasteiger partial charge in [0.1, 0.15) is 0 Å². The second-order valence-electron chi connectivity index (χ2n) is 6.10. The standard InChI is InChI=1S/C18H21N3O3/c1-12(22)13-7-9-14(10-8-13)17(23)20-16-6-4-3-5-15(16)18(24)21(2)11-19/h7-10,15-16H,3-6H2,1-2H3,(H,20,23). The molecule has 24 heavy (non-hydrogen) atoms.